The minimum absolute atomic E-state index is 0.0425. The Labute approximate surface area is 167 Å². The van der Waals surface area contributed by atoms with Crippen LogP contribution in [0.1, 0.15) is 46.9 Å². The Kier molecular flexibility index (Phi) is 6.30. The zero-order chi connectivity index (χ0) is 21.2. The summed E-state index contributed by atoms with van der Waals surface area (Å²) in [6.45, 7) is -2.85. The standard InChI is InChI=1S/C18H17ClF5N3O2/c19-13-14(10-6-7-10)27(26-15(13)18(22,23)24)9-3-8-25-16(28)11-4-1-2-5-12(11)29-17(20)21/h1-2,4-5,10,17H,3,6-9H2,(H,25,28). The van der Waals surface area contributed by atoms with Gasteiger partial charge >= 0.3 is 12.8 Å². The molecule has 1 aliphatic carbocycles. The molecule has 0 radical (unpaired) electrons. The van der Waals surface area contributed by atoms with Gasteiger partial charge in [0.2, 0.25) is 0 Å². The van der Waals surface area contributed by atoms with Crippen LogP contribution >= 0.6 is 11.6 Å². The van der Waals surface area contributed by atoms with E-state index >= 15 is 0 Å². The number of nitrogens with one attached hydrogen (secondary N) is 1. The summed E-state index contributed by atoms with van der Waals surface area (Å²) >= 11 is 5.90. The van der Waals surface area contributed by atoms with Crippen molar-refractivity contribution in [3.63, 3.8) is 0 Å². The van der Waals surface area contributed by atoms with Crippen molar-refractivity contribution in [2.24, 2.45) is 0 Å². The number of para-hydroxylation sites is 1. The highest BCUT2D eigenvalue weighted by atomic mass is 35.5. The summed E-state index contributed by atoms with van der Waals surface area (Å²) in [6.07, 6.45) is -2.87. The van der Waals surface area contributed by atoms with Gasteiger partial charge in [0.05, 0.1) is 16.3 Å². The number of aromatic nitrogens is 2. The third-order valence-electron chi connectivity index (χ3n) is 4.34. The van der Waals surface area contributed by atoms with Crippen LogP contribution in [0.3, 0.4) is 0 Å². The van der Waals surface area contributed by atoms with Crippen molar-refractivity contribution in [1.82, 2.24) is 15.1 Å². The third-order valence-corrected chi connectivity index (χ3v) is 4.72. The topological polar surface area (TPSA) is 56.2 Å². The molecule has 0 atom stereocenters. The van der Waals surface area contributed by atoms with Gasteiger partial charge in [0, 0.05) is 19.0 Å². The Morgan fingerprint density at radius 1 is 1.31 bits per heavy atom. The molecule has 2 aromatic rings. The van der Waals surface area contributed by atoms with E-state index < -0.39 is 24.4 Å². The first-order chi connectivity index (χ1) is 13.7. The molecule has 5 nitrogen and oxygen atoms in total. The zero-order valence-electron chi connectivity index (χ0n) is 15.0. The first kappa shape index (κ1) is 21.4. The van der Waals surface area contributed by atoms with Crippen LogP contribution in [0.2, 0.25) is 5.02 Å². The molecular formula is C18H17ClF5N3O2. The number of rotatable bonds is 8. The molecule has 0 bridgehead atoms. The Morgan fingerprint density at radius 2 is 2.00 bits per heavy atom. The molecule has 158 valence electrons. The van der Waals surface area contributed by atoms with Crippen LogP contribution in [0, 0.1) is 0 Å². The summed E-state index contributed by atoms with van der Waals surface area (Å²) in [4.78, 5) is 12.2. The lowest BCUT2D eigenvalue weighted by Gasteiger charge is -2.11. The number of carbonyl (C=O) groups is 1. The monoisotopic (exact) mass is 437 g/mol. The highest BCUT2D eigenvalue weighted by Crippen LogP contribution is 2.46. The maximum Gasteiger partial charge on any atom is 0.436 e. The SMILES string of the molecule is O=C(NCCCn1nc(C(F)(F)F)c(Cl)c1C1CC1)c1ccccc1OC(F)F. The van der Waals surface area contributed by atoms with Crippen molar-refractivity contribution in [1.29, 1.82) is 0 Å². The largest absolute Gasteiger partial charge is 0.436 e. The molecule has 1 heterocycles. The minimum atomic E-state index is -4.64. The normalized spacial score (nSPS) is 14.3. The molecule has 1 aromatic heterocycles. The lowest BCUT2D eigenvalue weighted by atomic mass is 10.2. The molecule has 1 fully saturated rings. The lowest BCUT2D eigenvalue weighted by molar-refractivity contribution is -0.141. The van der Waals surface area contributed by atoms with Crippen LogP contribution < -0.4 is 10.1 Å². The van der Waals surface area contributed by atoms with E-state index in [-0.39, 0.29) is 41.8 Å². The molecular weight excluding hydrogens is 421 g/mol. The van der Waals surface area contributed by atoms with E-state index in [9.17, 15) is 26.7 Å². The van der Waals surface area contributed by atoms with Crippen LogP contribution in [-0.2, 0) is 12.7 Å². The summed E-state index contributed by atoms with van der Waals surface area (Å²) in [5.74, 6) is -0.929. The van der Waals surface area contributed by atoms with Gasteiger partial charge in [-0.05, 0) is 31.4 Å². The van der Waals surface area contributed by atoms with E-state index in [0.29, 0.717) is 5.69 Å². The van der Waals surface area contributed by atoms with Crippen LogP contribution in [0.25, 0.3) is 0 Å². The minimum Gasteiger partial charge on any atom is -0.434 e. The first-order valence-electron chi connectivity index (χ1n) is 8.84. The molecule has 3 rings (SSSR count). The number of hydrogen-bond donors (Lipinski definition) is 1. The predicted octanol–water partition coefficient (Wildman–Crippen LogP) is 4.85. The molecule has 1 aliphatic rings. The van der Waals surface area contributed by atoms with Gasteiger partial charge in [-0.3, -0.25) is 9.48 Å². The molecule has 1 aromatic carbocycles. The van der Waals surface area contributed by atoms with Gasteiger partial charge in [0.15, 0.2) is 5.69 Å². The van der Waals surface area contributed by atoms with Gasteiger partial charge in [-0.1, -0.05) is 23.7 Å². The predicted molar refractivity (Wildman–Crippen MR) is 94.2 cm³/mol. The Hall–Kier alpha value is -2.36. The fourth-order valence-electron chi connectivity index (χ4n) is 2.93. The number of halogens is 6. The van der Waals surface area contributed by atoms with Crippen molar-refractivity contribution in [3.8, 4) is 5.75 Å². The molecule has 0 saturated heterocycles. The van der Waals surface area contributed by atoms with E-state index in [1.165, 1.54) is 28.9 Å². The van der Waals surface area contributed by atoms with E-state index in [2.05, 4.69) is 15.2 Å². The zero-order valence-corrected chi connectivity index (χ0v) is 15.7. The highest BCUT2D eigenvalue weighted by Gasteiger charge is 2.41. The number of amides is 1. The first-order valence-corrected chi connectivity index (χ1v) is 9.21. The van der Waals surface area contributed by atoms with Crippen molar-refractivity contribution >= 4 is 17.5 Å². The lowest BCUT2D eigenvalue weighted by Crippen LogP contribution is -2.26. The van der Waals surface area contributed by atoms with Gasteiger partial charge in [0.1, 0.15) is 5.75 Å². The van der Waals surface area contributed by atoms with Crippen molar-refractivity contribution in [2.45, 2.75) is 44.5 Å². The van der Waals surface area contributed by atoms with Gasteiger partial charge in [-0.15, -0.1) is 0 Å². The molecule has 0 spiro atoms. The van der Waals surface area contributed by atoms with Crippen molar-refractivity contribution < 1.29 is 31.5 Å². The number of aryl methyl sites for hydroxylation is 1. The fourth-order valence-corrected chi connectivity index (χ4v) is 3.33. The Balaban J connectivity index is 1.61. The third kappa shape index (κ3) is 5.17. The summed E-state index contributed by atoms with van der Waals surface area (Å²) < 4.78 is 69.6. The number of hydrogen-bond acceptors (Lipinski definition) is 3. The molecule has 29 heavy (non-hydrogen) atoms. The van der Waals surface area contributed by atoms with Crippen LogP contribution in [0.4, 0.5) is 22.0 Å². The van der Waals surface area contributed by atoms with E-state index in [4.69, 9.17) is 11.6 Å². The molecule has 0 unspecified atom stereocenters. The second kappa shape index (κ2) is 8.56. The van der Waals surface area contributed by atoms with Crippen molar-refractivity contribution in [2.75, 3.05) is 6.54 Å². The van der Waals surface area contributed by atoms with E-state index in [1.54, 1.807) is 0 Å². The van der Waals surface area contributed by atoms with E-state index in [1.807, 2.05) is 0 Å². The van der Waals surface area contributed by atoms with Crippen LogP contribution in [0.5, 0.6) is 5.75 Å². The summed E-state index contributed by atoms with van der Waals surface area (Å²) in [6, 6.07) is 5.53. The molecule has 0 aliphatic heterocycles. The second-order valence-electron chi connectivity index (χ2n) is 6.53. The quantitative estimate of drug-likeness (QED) is 0.474. The molecule has 11 heteroatoms. The molecule has 1 amide bonds. The second-order valence-corrected chi connectivity index (χ2v) is 6.91. The number of ether oxygens (including phenoxy) is 1. The smallest absolute Gasteiger partial charge is 0.434 e. The van der Waals surface area contributed by atoms with Crippen LogP contribution in [0.15, 0.2) is 24.3 Å². The Bertz CT molecular complexity index is 881. The summed E-state index contributed by atoms with van der Waals surface area (Å²) in [5, 5.41) is 5.77. The number of alkyl halides is 5. The van der Waals surface area contributed by atoms with Gasteiger partial charge < -0.3 is 10.1 Å². The van der Waals surface area contributed by atoms with Crippen molar-refractivity contribution in [3.05, 3.63) is 46.2 Å². The average Bonchev–Trinajstić information content (AvgIpc) is 3.41. The average molecular weight is 438 g/mol. The van der Waals surface area contributed by atoms with E-state index in [0.717, 1.165) is 12.8 Å². The fraction of sp³-hybridized carbons (Fsp3) is 0.444. The molecule has 1 saturated carbocycles. The number of nitrogens with zero attached hydrogens (tertiary/aromatic N) is 2. The van der Waals surface area contributed by atoms with Gasteiger partial charge in [-0.25, -0.2) is 0 Å². The van der Waals surface area contributed by atoms with Gasteiger partial charge in [-0.2, -0.15) is 27.1 Å². The molecule has 1 N–H and O–H groups in total. The van der Waals surface area contributed by atoms with Crippen LogP contribution in [-0.4, -0.2) is 28.8 Å². The maximum atomic E-state index is 13.1. The number of carbonyl (C=O) groups excluding carboxylic acids is 1. The summed E-state index contributed by atoms with van der Waals surface area (Å²) in [5.41, 5.74) is -0.808. The highest BCUT2D eigenvalue weighted by molar-refractivity contribution is 6.32. The summed E-state index contributed by atoms with van der Waals surface area (Å²) in [7, 11) is 0. The Morgan fingerprint density at radius 3 is 2.62 bits per heavy atom. The van der Waals surface area contributed by atoms with Gasteiger partial charge in [0.25, 0.3) is 5.91 Å². The maximum absolute atomic E-state index is 13.1. The number of benzene rings is 1.